The fraction of sp³-hybridized carbons (Fsp3) is 0.571. The highest BCUT2D eigenvalue weighted by molar-refractivity contribution is 6.28. The molecule has 3 fully saturated rings. The van der Waals surface area contributed by atoms with Crippen molar-refractivity contribution in [2.24, 2.45) is 5.73 Å². The van der Waals surface area contributed by atoms with Crippen LogP contribution in [0.2, 0.25) is 0 Å². The standard InChI is InChI=1S/C29H33NO4.C6H13N/c1-19(34-29(33)30(21-10-4-2-5-11-21)22-12-6-3-7-13-22)20-16-17-25-26(18-20)28(32)24-15-9-8-14-23(24)27(25)31;7-6-4-2-1-3-5-6/h8-9,14-19,21-22H,2-7,10-13H2,1H3;6H,1-5,7H2. The van der Waals surface area contributed by atoms with E-state index in [1.165, 1.54) is 70.6 Å². The van der Waals surface area contributed by atoms with E-state index in [4.69, 9.17) is 10.5 Å². The topological polar surface area (TPSA) is 89.7 Å². The van der Waals surface area contributed by atoms with E-state index >= 15 is 0 Å². The average molecular weight is 559 g/mol. The number of nitrogens with two attached hydrogens (primary N) is 1. The highest BCUT2D eigenvalue weighted by Crippen LogP contribution is 2.33. The molecule has 4 aliphatic rings. The van der Waals surface area contributed by atoms with Crippen LogP contribution in [0.5, 0.6) is 0 Å². The van der Waals surface area contributed by atoms with Crippen molar-refractivity contribution < 1.29 is 19.1 Å². The molecule has 1 atom stereocenters. The summed E-state index contributed by atoms with van der Waals surface area (Å²) in [6, 6.07) is 13.2. The molecule has 3 saturated carbocycles. The third-order valence-corrected chi connectivity index (χ3v) is 9.49. The molecule has 6 heteroatoms. The molecule has 6 rings (SSSR count). The van der Waals surface area contributed by atoms with Gasteiger partial charge >= 0.3 is 6.09 Å². The number of nitrogens with zero attached hydrogens (tertiary/aromatic N) is 1. The van der Waals surface area contributed by atoms with Gasteiger partial charge in [-0.05, 0) is 63.1 Å². The minimum absolute atomic E-state index is 0.137. The zero-order chi connectivity index (χ0) is 28.8. The quantitative estimate of drug-likeness (QED) is 0.351. The summed E-state index contributed by atoms with van der Waals surface area (Å²) in [5, 5.41) is 0. The van der Waals surface area contributed by atoms with Gasteiger partial charge in [-0.1, -0.05) is 88.1 Å². The van der Waals surface area contributed by atoms with Crippen LogP contribution in [0.25, 0.3) is 0 Å². The minimum atomic E-state index is -0.507. The molecule has 0 radical (unpaired) electrons. The molecule has 0 aromatic heterocycles. The van der Waals surface area contributed by atoms with Crippen molar-refractivity contribution in [1.29, 1.82) is 0 Å². The molecule has 0 saturated heterocycles. The van der Waals surface area contributed by atoms with Crippen molar-refractivity contribution in [3.63, 3.8) is 0 Å². The van der Waals surface area contributed by atoms with Crippen LogP contribution in [0.4, 0.5) is 4.79 Å². The van der Waals surface area contributed by atoms with Crippen molar-refractivity contribution in [2.45, 2.75) is 127 Å². The number of amides is 1. The molecule has 1 amide bonds. The highest BCUT2D eigenvalue weighted by Gasteiger charge is 2.35. The number of carbonyl (C=O) groups excluding carboxylic acids is 3. The molecule has 1 unspecified atom stereocenters. The Bertz CT molecular complexity index is 1200. The highest BCUT2D eigenvalue weighted by atomic mass is 16.6. The lowest BCUT2D eigenvalue weighted by atomic mass is 9.83. The Morgan fingerprint density at radius 3 is 1.66 bits per heavy atom. The van der Waals surface area contributed by atoms with E-state index < -0.39 is 6.10 Å². The van der Waals surface area contributed by atoms with Gasteiger partial charge in [0.1, 0.15) is 6.10 Å². The van der Waals surface area contributed by atoms with Crippen molar-refractivity contribution >= 4 is 17.7 Å². The predicted molar refractivity (Wildman–Crippen MR) is 161 cm³/mol. The zero-order valence-corrected chi connectivity index (χ0v) is 24.6. The second kappa shape index (κ2) is 13.8. The lowest BCUT2D eigenvalue weighted by Crippen LogP contribution is -2.49. The first-order valence-corrected chi connectivity index (χ1v) is 16.0. The van der Waals surface area contributed by atoms with E-state index in [9.17, 15) is 14.4 Å². The summed E-state index contributed by atoms with van der Waals surface area (Å²) < 4.78 is 6.02. The SMILES string of the molecule is CC(OC(=O)N(C1CCCCC1)C1CCCCC1)c1ccc2c(c1)C(=O)c1ccccc1C2=O.NC1CCCCC1. The lowest BCUT2D eigenvalue weighted by Gasteiger charge is -2.41. The Morgan fingerprint density at radius 2 is 1.17 bits per heavy atom. The number of hydrogen-bond donors (Lipinski definition) is 1. The molecule has 0 bridgehead atoms. The normalized spacial score (nSPS) is 20.7. The molecule has 6 nitrogen and oxygen atoms in total. The summed E-state index contributed by atoms with van der Waals surface area (Å²) in [7, 11) is 0. The second-order valence-corrected chi connectivity index (χ2v) is 12.4. The molecule has 4 aliphatic carbocycles. The molecule has 0 heterocycles. The molecule has 41 heavy (non-hydrogen) atoms. The number of rotatable bonds is 4. The molecular formula is C35H46N2O4. The number of benzene rings is 2. The number of hydrogen-bond acceptors (Lipinski definition) is 5. The van der Waals surface area contributed by atoms with Gasteiger partial charge in [0.15, 0.2) is 11.6 Å². The third kappa shape index (κ3) is 6.91. The van der Waals surface area contributed by atoms with Gasteiger partial charge in [0, 0.05) is 40.4 Å². The van der Waals surface area contributed by atoms with Gasteiger partial charge in [-0.3, -0.25) is 9.59 Å². The van der Waals surface area contributed by atoms with E-state index in [1.807, 2.05) is 6.92 Å². The van der Waals surface area contributed by atoms with Crippen LogP contribution in [0.1, 0.15) is 147 Å². The Kier molecular flexibility index (Phi) is 9.92. The van der Waals surface area contributed by atoms with Crippen molar-refractivity contribution in [2.75, 3.05) is 0 Å². The second-order valence-electron chi connectivity index (χ2n) is 12.4. The van der Waals surface area contributed by atoms with Crippen LogP contribution in [-0.4, -0.2) is 40.7 Å². The van der Waals surface area contributed by atoms with Crippen LogP contribution in [0, 0.1) is 0 Å². The fourth-order valence-electron chi connectivity index (χ4n) is 7.10. The lowest BCUT2D eigenvalue weighted by molar-refractivity contribution is 0.0252. The summed E-state index contributed by atoms with van der Waals surface area (Å²) in [6.07, 6.45) is 17.3. The zero-order valence-electron chi connectivity index (χ0n) is 24.6. The van der Waals surface area contributed by atoms with E-state index in [1.54, 1.807) is 42.5 Å². The van der Waals surface area contributed by atoms with E-state index in [0.717, 1.165) is 31.2 Å². The van der Waals surface area contributed by atoms with Crippen molar-refractivity contribution in [3.8, 4) is 0 Å². The van der Waals surface area contributed by atoms with Crippen molar-refractivity contribution in [1.82, 2.24) is 4.90 Å². The number of ether oxygens (including phenoxy) is 1. The maximum absolute atomic E-state index is 13.5. The molecule has 0 spiro atoms. The largest absolute Gasteiger partial charge is 0.441 e. The Labute approximate surface area is 245 Å². The van der Waals surface area contributed by atoms with E-state index in [0.29, 0.717) is 28.3 Å². The van der Waals surface area contributed by atoms with Crippen molar-refractivity contribution in [3.05, 3.63) is 70.3 Å². The molecule has 0 aliphatic heterocycles. The monoisotopic (exact) mass is 558 g/mol. The number of fused-ring (bicyclic) bond motifs is 2. The molecule has 2 aromatic carbocycles. The molecule has 220 valence electrons. The van der Waals surface area contributed by atoms with Gasteiger partial charge in [0.2, 0.25) is 0 Å². The number of carbonyl (C=O) groups is 3. The summed E-state index contributed by atoms with van der Waals surface area (Å²) >= 11 is 0. The maximum atomic E-state index is 13.5. The summed E-state index contributed by atoms with van der Waals surface area (Å²) in [4.78, 5) is 41.5. The van der Waals surface area contributed by atoms with Crippen LogP contribution >= 0.6 is 0 Å². The first-order valence-electron chi connectivity index (χ1n) is 16.0. The van der Waals surface area contributed by atoms with Gasteiger partial charge in [0.05, 0.1) is 0 Å². The molecular weight excluding hydrogens is 512 g/mol. The van der Waals surface area contributed by atoms with E-state index in [2.05, 4.69) is 4.90 Å². The Morgan fingerprint density at radius 1 is 0.707 bits per heavy atom. The van der Waals surface area contributed by atoms with Crippen LogP contribution in [0.15, 0.2) is 42.5 Å². The van der Waals surface area contributed by atoms with Gasteiger partial charge in [-0.2, -0.15) is 0 Å². The smallest absolute Gasteiger partial charge is 0.410 e. The Balaban J connectivity index is 0.000000423. The fourth-order valence-corrected chi connectivity index (χ4v) is 7.10. The molecule has 2 aromatic rings. The van der Waals surface area contributed by atoms with Gasteiger partial charge in [0.25, 0.3) is 0 Å². The minimum Gasteiger partial charge on any atom is -0.441 e. The Hall–Kier alpha value is -2.99. The maximum Gasteiger partial charge on any atom is 0.410 e. The van der Waals surface area contributed by atoms with Gasteiger partial charge < -0.3 is 15.4 Å². The summed E-state index contributed by atoms with van der Waals surface area (Å²) in [5.41, 5.74) is 8.05. The van der Waals surface area contributed by atoms with Crippen LogP contribution in [0.3, 0.4) is 0 Å². The first kappa shape index (κ1) is 29.5. The predicted octanol–water partition coefficient (Wildman–Crippen LogP) is 7.90. The van der Waals surface area contributed by atoms with E-state index in [-0.39, 0.29) is 29.7 Å². The third-order valence-electron chi connectivity index (χ3n) is 9.49. The van der Waals surface area contributed by atoms with Crippen LogP contribution < -0.4 is 5.73 Å². The van der Waals surface area contributed by atoms with Crippen LogP contribution in [-0.2, 0) is 4.74 Å². The summed E-state index contributed by atoms with van der Waals surface area (Å²) in [5.74, 6) is -0.293. The number of ketones is 2. The first-order chi connectivity index (χ1) is 19.9. The van der Waals surface area contributed by atoms with Gasteiger partial charge in [-0.15, -0.1) is 0 Å². The molecule has 2 N–H and O–H groups in total. The summed E-state index contributed by atoms with van der Waals surface area (Å²) in [6.45, 7) is 1.85. The van der Waals surface area contributed by atoms with Gasteiger partial charge in [-0.25, -0.2) is 4.79 Å². The average Bonchev–Trinajstić information content (AvgIpc) is 3.01.